The van der Waals surface area contributed by atoms with Gasteiger partial charge in [0.2, 0.25) is 0 Å². The smallest absolute Gasteiger partial charge is 0.162 e. The van der Waals surface area contributed by atoms with Gasteiger partial charge in [-0.3, -0.25) is 4.79 Å². The van der Waals surface area contributed by atoms with Crippen LogP contribution in [0.3, 0.4) is 0 Å². The molecular formula is C14H19NO2. The number of benzene rings is 1. The van der Waals surface area contributed by atoms with Gasteiger partial charge in [-0.1, -0.05) is 6.92 Å². The quantitative estimate of drug-likeness (QED) is 0.748. The van der Waals surface area contributed by atoms with Gasteiger partial charge in [0.05, 0.1) is 12.6 Å². The van der Waals surface area contributed by atoms with Gasteiger partial charge in [0.1, 0.15) is 0 Å². The van der Waals surface area contributed by atoms with E-state index in [1.165, 1.54) is 0 Å². The van der Waals surface area contributed by atoms with Gasteiger partial charge in [-0.15, -0.1) is 0 Å². The molecule has 1 aliphatic heterocycles. The predicted octanol–water partition coefficient (Wildman–Crippen LogP) is 2.50. The highest BCUT2D eigenvalue weighted by Crippen LogP contribution is 2.20. The molecule has 1 saturated heterocycles. The molecule has 1 aromatic carbocycles. The van der Waals surface area contributed by atoms with E-state index in [9.17, 15) is 4.79 Å². The fourth-order valence-electron chi connectivity index (χ4n) is 2.12. The van der Waals surface area contributed by atoms with Gasteiger partial charge >= 0.3 is 0 Å². The number of ketones is 1. The Kier molecular flexibility index (Phi) is 3.79. The van der Waals surface area contributed by atoms with Crippen molar-refractivity contribution in [3.63, 3.8) is 0 Å². The van der Waals surface area contributed by atoms with Gasteiger partial charge in [-0.2, -0.15) is 0 Å². The number of likely N-dealkylation sites (N-methyl/N-ethyl adjacent to an activating group) is 1. The lowest BCUT2D eigenvalue weighted by Gasteiger charge is -2.25. The van der Waals surface area contributed by atoms with Crippen molar-refractivity contribution in [1.82, 2.24) is 0 Å². The Labute approximate surface area is 102 Å². The summed E-state index contributed by atoms with van der Waals surface area (Å²) in [6, 6.07) is 8.31. The molecule has 0 bridgehead atoms. The monoisotopic (exact) mass is 233 g/mol. The van der Waals surface area contributed by atoms with Crippen LogP contribution in [0.4, 0.5) is 5.69 Å². The SMILES string of the molecule is CCC(=O)c1ccc(N(C)C2CCOC2)cc1. The highest BCUT2D eigenvalue weighted by molar-refractivity contribution is 5.96. The first-order valence-electron chi connectivity index (χ1n) is 6.16. The lowest BCUT2D eigenvalue weighted by molar-refractivity contribution is 0.0988. The molecular weight excluding hydrogens is 214 g/mol. The normalized spacial score (nSPS) is 19.3. The molecule has 0 aromatic heterocycles. The van der Waals surface area contributed by atoms with Crippen LogP contribution in [-0.4, -0.2) is 32.1 Å². The third kappa shape index (κ3) is 2.67. The Bertz CT molecular complexity index is 380. The van der Waals surface area contributed by atoms with Crippen molar-refractivity contribution in [3.8, 4) is 0 Å². The van der Waals surface area contributed by atoms with Gasteiger partial charge < -0.3 is 9.64 Å². The van der Waals surface area contributed by atoms with Crippen molar-refractivity contribution in [2.45, 2.75) is 25.8 Å². The maximum Gasteiger partial charge on any atom is 0.162 e. The van der Waals surface area contributed by atoms with Gasteiger partial charge in [0.25, 0.3) is 0 Å². The van der Waals surface area contributed by atoms with Crippen molar-refractivity contribution in [3.05, 3.63) is 29.8 Å². The lowest BCUT2D eigenvalue weighted by atomic mass is 10.1. The zero-order valence-electron chi connectivity index (χ0n) is 10.5. The van der Waals surface area contributed by atoms with E-state index in [4.69, 9.17) is 4.74 Å². The molecule has 92 valence electrons. The highest BCUT2D eigenvalue weighted by atomic mass is 16.5. The van der Waals surface area contributed by atoms with Crippen LogP contribution in [0.5, 0.6) is 0 Å². The summed E-state index contributed by atoms with van der Waals surface area (Å²) in [5.74, 6) is 0.198. The number of rotatable bonds is 4. The van der Waals surface area contributed by atoms with Gasteiger partial charge in [-0.25, -0.2) is 0 Å². The third-order valence-electron chi connectivity index (χ3n) is 3.37. The summed E-state index contributed by atoms with van der Waals surface area (Å²) >= 11 is 0. The Morgan fingerprint density at radius 3 is 2.65 bits per heavy atom. The van der Waals surface area contributed by atoms with Crippen molar-refractivity contribution in [1.29, 1.82) is 0 Å². The van der Waals surface area contributed by atoms with Crippen molar-refractivity contribution >= 4 is 11.5 Å². The molecule has 0 N–H and O–H groups in total. The predicted molar refractivity (Wildman–Crippen MR) is 68.7 cm³/mol. The van der Waals surface area contributed by atoms with Crippen LogP contribution in [0, 0.1) is 0 Å². The fraction of sp³-hybridized carbons (Fsp3) is 0.500. The molecule has 1 atom stereocenters. The Morgan fingerprint density at radius 2 is 2.12 bits per heavy atom. The van der Waals surface area contributed by atoms with Crippen LogP contribution in [0.25, 0.3) is 0 Å². The molecule has 0 radical (unpaired) electrons. The lowest BCUT2D eigenvalue weighted by Crippen LogP contribution is -2.31. The van der Waals surface area contributed by atoms with Crippen molar-refractivity contribution in [2.24, 2.45) is 0 Å². The maximum absolute atomic E-state index is 11.5. The Hall–Kier alpha value is -1.35. The van der Waals surface area contributed by atoms with Crippen LogP contribution < -0.4 is 4.90 Å². The zero-order chi connectivity index (χ0) is 12.3. The van der Waals surface area contributed by atoms with Gasteiger partial charge in [-0.05, 0) is 30.7 Å². The second-order valence-electron chi connectivity index (χ2n) is 4.45. The summed E-state index contributed by atoms with van der Waals surface area (Å²) in [4.78, 5) is 13.7. The molecule has 1 unspecified atom stereocenters. The van der Waals surface area contributed by atoms with E-state index in [0.717, 1.165) is 30.9 Å². The average molecular weight is 233 g/mol. The number of nitrogens with zero attached hydrogens (tertiary/aromatic N) is 1. The number of carbonyl (C=O) groups excluding carboxylic acids is 1. The molecule has 1 aliphatic rings. The second-order valence-corrected chi connectivity index (χ2v) is 4.45. The molecule has 17 heavy (non-hydrogen) atoms. The number of Topliss-reactive ketones (excluding diaryl/α,β-unsaturated/α-hetero) is 1. The molecule has 3 nitrogen and oxygen atoms in total. The first-order chi connectivity index (χ1) is 8.22. The van der Waals surface area contributed by atoms with Crippen LogP contribution in [0.1, 0.15) is 30.1 Å². The number of anilines is 1. The molecule has 2 rings (SSSR count). The van der Waals surface area contributed by atoms with Crippen LogP contribution in [-0.2, 0) is 4.74 Å². The first kappa shape index (κ1) is 12.1. The topological polar surface area (TPSA) is 29.5 Å². The maximum atomic E-state index is 11.5. The third-order valence-corrected chi connectivity index (χ3v) is 3.37. The van der Waals surface area contributed by atoms with E-state index in [1.54, 1.807) is 0 Å². The molecule has 0 aliphatic carbocycles. The van der Waals surface area contributed by atoms with E-state index in [2.05, 4.69) is 11.9 Å². The van der Waals surface area contributed by atoms with Gasteiger partial charge in [0, 0.05) is 31.3 Å². The van der Waals surface area contributed by atoms with Crippen LogP contribution in [0.15, 0.2) is 24.3 Å². The van der Waals surface area contributed by atoms with E-state index in [0.29, 0.717) is 12.5 Å². The minimum absolute atomic E-state index is 0.198. The summed E-state index contributed by atoms with van der Waals surface area (Å²) in [5, 5.41) is 0. The number of hydrogen-bond acceptors (Lipinski definition) is 3. The van der Waals surface area contributed by atoms with Crippen LogP contribution in [0.2, 0.25) is 0 Å². The van der Waals surface area contributed by atoms with E-state index in [-0.39, 0.29) is 5.78 Å². The Balaban J connectivity index is 2.09. The summed E-state index contributed by atoms with van der Waals surface area (Å²) in [6.45, 7) is 3.53. The zero-order valence-corrected chi connectivity index (χ0v) is 10.5. The average Bonchev–Trinajstić information content (AvgIpc) is 2.91. The molecule has 0 spiro atoms. The minimum atomic E-state index is 0.198. The summed E-state index contributed by atoms with van der Waals surface area (Å²) in [5.41, 5.74) is 1.94. The number of hydrogen-bond donors (Lipinski definition) is 0. The molecule has 0 amide bonds. The molecule has 3 heteroatoms. The molecule has 1 fully saturated rings. The minimum Gasteiger partial charge on any atom is -0.379 e. The van der Waals surface area contributed by atoms with E-state index >= 15 is 0 Å². The van der Waals surface area contributed by atoms with Gasteiger partial charge in [0.15, 0.2) is 5.78 Å². The number of ether oxygens (including phenoxy) is 1. The van der Waals surface area contributed by atoms with Crippen LogP contribution >= 0.6 is 0 Å². The summed E-state index contributed by atoms with van der Waals surface area (Å²) < 4.78 is 5.38. The summed E-state index contributed by atoms with van der Waals surface area (Å²) in [6.07, 6.45) is 1.64. The van der Waals surface area contributed by atoms with E-state index < -0.39 is 0 Å². The highest BCUT2D eigenvalue weighted by Gasteiger charge is 2.20. The largest absolute Gasteiger partial charge is 0.379 e. The Morgan fingerprint density at radius 1 is 1.41 bits per heavy atom. The molecule has 0 saturated carbocycles. The van der Waals surface area contributed by atoms with E-state index in [1.807, 2.05) is 31.2 Å². The fourth-order valence-corrected chi connectivity index (χ4v) is 2.12. The standard InChI is InChI=1S/C14H19NO2/c1-3-14(16)11-4-6-12(7-5-11)15(2)13-8-9-17-10-13/h4-7,13H,3,8-10H2,1-2H3. The first-order valence-corrected chi connectivity index (χ1v) is 6.16. The number of carbonyl (C=O) groups is 1. The van der Waals surface area contributed by atoms with Crippen molar-refractivity contribution in [2.75, 3.05) is 25.2 Å². The molecule has 1 heterocycles. The summed E-state index contributed by atoms with van der Waals surface area (Å²) in [7, 11) is 2.08. The molecule has 1 aromatic rings. The van der Waals surface area contributed by atoms with Crippen molar-refractivity contribution < 1.29 is 9.53 Å². The second kappa shape index (κ2) is 5.32.